The maximum absolute atomic E-state index is 11.8. The number of nitrogens with zero attached hydrogens (tertiary/aromatic N) is 2. The lowest BCUT2D eigenvalue weighted by Crippen LogP contribution is -2.44. The van der Waals surface area contributed by atoms with Gasteiger partial charge in [0, 0.05) is 44.7 Å². The van der Waals surface area contributed by atoms with Gasteiger partial charge in [-0.05, 0) is 12.5 Å². The van der Waals surface area contributed by atoms with E-state index in [1.54, 1.807) is 21.3 Å². The molecule has 0 saturated carbocycles. The molecule has 0 radical (unpaired) electrons. The van der Waals surface area contributed by atoms with Crippen molar-refractivity contribution in [2.24, 2.45) is 4.99 Å². The van der Waals surface area contributed by atoms with Gasteiger partial charge >= 0.3 is 0 Å². The second-order valence-electron chi connectivity index (χ2n) is 5.90. The molecule has 0 aliphatic carbocycles. The lowest BCUT2D eigenvalue weighted by Gasteiger charge is -2.19. The van der Waals surface area contributed by atoms with Gasteiger partial charge in [0.2, 0.25) is 5.91 Å². The lowest BCUT2D eigenvalue weighted by molar-refractivity contribution is -0.129. The summed E-state index contributed by atoms with van der Waals surface area (Å²) >= 11 is 0. The minimum absolute atomic E-state index is 0. The summed E-state index contributed by atoms with van der Waals surface area (Å²) in [6.45, 7) is 3.97. The molecule has 1 aliphatic heterocycles. The molecule has 8 heteroatoms. The maximum Gasteiger partial charge on any atom is 0.222 e. The van der Waals surface area contributed by atoms with Crippen LogP contribution in [0.1, 0.15) is 25.3 Å². The Morgan fingerprint density at radius 3 is 2.73 bits per heavy atom. The number of aliphatic imine (C=N–C) groups is 1. The highest BCUT2D eigenvalue weighted by Crippen LogP contribution is 2.30. The van der Waals surface area contributed by atoms with Crippen molar-refractivity contribution in [3.63, 3.8) is 0 Å². The van der Waals surface area contributed by atoms with E-state index < -0.39 is 0 Å². The number of guanidine groups is 1. The van der Waals surface area contributed by atoms with E-state index in [0.29, 0.717) is 30.4 Å². The number of carbonyl (C=O) groups excluding carboxylic acids is 1. The summed E-state index contributed by atoms with van der Waals surface area (Å²) in [6, 6.07) is 6.00. The summed E-state index contributed by atoms with van der Waals surface area (Å²) in [5.74, 6) is 2.33. The van der Waals surface area contributed by atoms with Crippen LogP contribution in [0.3, 0.4) is 0 Å². The van der Waals surface area contributed by atoms with Gasteiger partial charge in [0.05, 0.1) is 14.2 Å². The van der Waals surface area contributed by atoms with E-state index in [1.807, 2.05) is 30.0 Å². The van der Waals surface area contributed by atoms with Crippen LogP contribution in [0.25, 0.3) is 0 Å². The number of hydrogen-bond donors (Lipinski definition) is 2. The Kier molecular flexibility index (Phi) is 9.53. The SMILES string of the molecule is CCC(=O)N1CCC(NC(=NC)NCc2cccc(OC)c2OC)C1.I. The molecule has 1 fully saturated rings. The normalized spacial score (nSPS) is 16.7. The number of hydrogen-bond acceptors (Lipinski definition) is 4. The number of amides is 1. The van der Waals surface area contributed by atoms with Crippen LogP contribution >= 0.6 is 24.0 Å². The van der Waals surface area contributed by atoms with Gasteiger partial charge in [-0.3, -0.25) is 9.79 Å². The minimum atomic E-state index is 0. The van der Waals surface area contributed by atoms with Crippen LogP contribution in [0, 0.1) is 0 Å². The van der Waals surface area contributed by atoms with Crippen molar-refractivity contribution in [3.05, 3.63) is 23.8 Å². The number of rotatable bonds is 6. The fraction of sp³-hybridized carbons (Fsp3) is 0.556. The van der Waals surface area contributed by atoms with Crippen LogP contribution in [0.2, 0.25) is 0 Å². The predicted molar refractivity (Wildman–Crippen MR) is 114 cm³/mol. The van der Waals surface area contributed by atoms with E-state index in [4.69, 9.17) is 9.47 Å². The van der Waals surface area contributed by atoms with Gasteiger partial charge in [-0.25, -0.2) is 0 Å². The average Bonchev–Trinajstić information content (AvgIpc) is 3.12. The Bertz CT molecular complexity index is 624. The van der Waals surface area contributed by atoms with E-state index in [0.717, 1.165) is 25.1 Å². The summed E-state index contributed by atoms with van der Waals surface area (Å²) in [6.07, 6.45) is 1.48. The largest absolute Gasteiger partial charge is 0.493 e. The zero-order chi connectivity index (χ0) is 18.2. The van der Waals surface area contributed by atoms with Crippen molar-refractivity contribution >= 4 is 35.8 Å². The van der Waals surface area contributed by atoms with Crippen molar-refractivity contribution in [1.29, 1.82) is 0 Å². The summed E-state index contributed by atoms with van der Waals surface area (Å²) in [4.78, 5) is 18.0. The molecule has 0 bridgehead atoms. The van der Waals surface area contributed by atoms with Crippen molar-refractivity contribution in [1.82, 2.24) is 15.5 Å². The summed E-state index contributed by atoms with van der Waals surface area (Å²) in [5, 5.41) is 6.68. The number of carbonyl (C=O) groups is 1. The molecule has 0 aromatic heterocycles. The minimum Gasteiger partial charge on any atom is -0.493 e. The van der Waals surface area contributed by atoms with E-state index in [2.05, 4.69) is 15.6 Å². The molecule has 26 heavy (non-hydrogen) atoms. The third-order valence-corrected chi connectivity index (χ3v) is 4.34. The number of nitrogens with one attached hydrogen (secondary N) is 2. The molecule has 2 N–H and O–H groups in total. The van der Waals surface area contributed by atoms with E-state index >= 15 is 0 Å². The molecule has 1 saturated heterocycles. The van der Waals surface area contributed by atoms with E-state index in [1.165, 1.54) is 0 Å². The molecule has 1 unspecified atom stereocenters. The number of benzene rings is 1. The molecule has 2 rings (SSSR count). The second kappa shape index (κ2) is 11.1. The Balaban J connectivity index is 0.00000338. The van der Waals surface area contributed by atoms with Crippen molar-refractivity contribution in [3.8, 4) is 11.5 Å². The first kappa shape index (κ1) is 22.3. The van der Waals surface area contributed by atoms with Gasteiger partial charge in [0.25, 0.3) is 0 Å². The molecule has 1 aromatic rings. The van der Waals surface area contributed by atoms with Gasteiger partial charge in [-0.15, -0.1) is 24.0 Å². The fourth-order valence-electron chi connectivity index (χ4n) is 2.99. The number of para-hydroxylation sites is 1. The Hall–Kier alpha value is -1.71. The summed E-state index contributed by atoms with van der Waals surface area (Å²) < 4.78 is 10.8. The van der Waals surface area contributed by atoms with Gasteiger partial charge in [0.1, 0.15) is 0 Å². The third-order valence-electron chi connectivity index (χ3n) is 4.34. The number of halogens is 1. The van der Waals surface area contributed by atoms with Gasteiger partial charge in [-0.1, -0.05) is 19.1 Å². The zero-order valence-corrected chi connectivity index (χ0v) is 18.2. The first-order chi connectivity index (χ1) is 12.1. The number of methoxy groups -OCH3 is 2. The fourth-order valence-corrected chi connectivity index (χ4v) is 2.99. The quantitative estimate of drug-likeness (QED) is 0.373. The van der Waals surface area contributed by atoms with Crippen LogP contribution in [0.5, 0.6) is 11.5 Å². The third kappa shape index (κ3) is 5.65. The highest BCUT2D eigenvalue weighted by atomic mass is 127. The number of likely N-dealkylation sites (tertiary alicyclic amines) is 1. The molecule has 1 amide bonds. The molecular formula is C18H29IN4O3. The zero-order valence-electron chi connectivity index (χ0n) is 15.9. The molecule has 146 valence electrons. The first-order valence-electron chi connectivity index (χ1n) is 8.57. The van der Waals surface area contributed by atoms with Crippen molar-refractivity contribution in [2.45, 2.75) is 32.4 Å². The summed E-state index contributed by atoms with van der Waals surface area (Å²) in [7, 11) is 4.99. The smallest absolute Gasteiger partial charge is 0.222 e. The van der Waals surface area contributed by atoms with Crippen LogP contribution < -0.4 is 20.1 Å². The molecule has 1 aliphatic rings. The van der Waals surface area contributed by atoms with Crippen LogP contribution in [-0.2, 0) is 11.3 Å². The van der Waals surface area contributed by atoms with Gasteiger partial charge in [0.15, 0.2) is 17.5 Å². The maximum atomic E-state index is 11.8. The number of ether oxygens (including phenoxy) is 2. The molecular weight excluding hydrogens is 447 g/mol. The first-order valence-corrected chi connectivity index (χ1v) is 8.57. The van der Waals surface area contributed by atoms with Crippen molar-refractivity contribution < 1.29 is 14.3 Å². The standard InChI is InChI=1S/C18H28N4O3.HI/c1-5-16(23)22-10-9-14(12-22)21-18(19-2)20-11-13-7-6-8-15(24-3)17(13)25-4;/h6-8,14H,5,9-12H2,1-4H3,(H2,19,20,21);1H. The van der Waals surface area contributed by atoms with E-state index in [-0.39, 0.29) is 35.9 Å². The van der Waals surface area contributed by atoms with Crippen molar-refractivity contribution in [2.75, 3.05) is 34.4 Å². The van der Waals surface area contributed by atoms with Crippen LogP contribution in [0.4, 0.5) is 0 Å². The highest BCUT2D eigenvalue weighted by molar-refractivity contribution is 14.0. The van der Waals surface area contributed by atoms with E-state index in [9.17, 15) is 4.79 Å². The second-order valence-corrected chi connectivity index (χ2v) is 5.90. The average molecular weight is 476 g/mol. The molecule has 7 nitrogen and oxygen atoms in total. The Morgan fingerprint density at radius 2 is 2.12 bits per heavy atom. The molecule has 1 heterocycles. The van der Waals surface area contributed by atoms with Crippen LogP contribution in [-0.4, -0.2) is 57.2 Å². The molecule has 0 spiro atoms. The molecule has 1 atom stereocenters. The Labute approximate surface area is 172 Å². The van der Waals surface area contributed by atoms with Crippen LogP contribution in [0.15, 0.2) is 23.2 Å². The topological polar surface area (TPSA) is 75.2 Å². The van der Waals surface area contributed by atoms with Gasteiger partial charge in [-0.2, -0.15) is 0 Å². The predicted octanol–water partition coefficient (Wildman–Crippen LogP) is 2.00. The Morgan fingerprint density at radius 1 is 1.35 bits per heavy atom. The molecule has 1 aromatic carbocycles. The monoisotopic (exact) mass is 476 g/mol. The summed E-state index contributed by atoms with van der Waals surface area (Å²) in [5.41, 5.74) is 0.985. The van der Waals surface area contributed by atoms with Gasteiger partial charge < -0.3 is 25.0 Å². The highest BCUT2D eigenvalue weighted by Gasteiger charge is 2.25. The lowest BCUT2D eigenvalue weighted by atomic mass is 10.2.